The summed E-state index contributed by atoms with van der Waals surface area (Å²) in [5, 5.41) is 7.12. The second-order valence-electron chi connectivity index (χ2n) is 13.4. The van der Waals surface area contributed by atoms with Gasteiger partial charge in [-0.1, -0.05) is 91.0 Å². The molecule has 3 aliphatic rings. The summed E-state index contributed by atoms with van der Waals surface area (Å²) in [4.78, 5) is 56.7. The standard InChI is InChI=1S/C37H44N4O3.C2HF3O2/c38-27-28-20-24-39(25-21-28)35(43)32-18-11-23-41(32)36(44)33-19-10-22-40(33)34(42)26-37(29-12-4-1-5-13-29,30-14-6-2-7-15-30)31-16-8-3-9-17-31;3-2(4,5)1(6)7/h1-9,12-17,28,32-33H,10-11,18-27,38H2;(H,6,7)/t32-,33+;/m1./s1. The molecule has 272 valence electrons. The maximum Gasteiger partial charge on any atom is 0.490 e. The van der Waals surface area contributed by atoms with Crippen LogP contribution in [0.4, 0.5) is 13.2 Å². The molecule has 0 spiro atoms. The first kappa shape index (κ1) is 37.5. The molecule has 3 amide bonds. The zero-order valence-electron chi connectivity index (χ0n) is 28.5. The van der Waals surface area contributed by atoms with Gasteiger partial charge < -0.3 is 25.5 Å². The van der Waals surface area contributed by atoms with Gasteiger partial charge >= 0.3 is 12.1 Å². The number of halogens is 3. The van der Waals surface area contributed by atoms with E-state index in [1.807, 2.05) is 59.5 Å². The molecule has 0 aliphatic carbocycles. The maximum atomic E-state index is 14.5. The highest BCUT2D eigenvalue weighted by molar-refractivity contribution is 5.93. The lowest BCUT2D eigenvalue weighted by Gasteiger charge is -2.38. The fraction of sp³-hybridized carbons (Fsp3) is 0.436. The molecule has 2 atom stereocenters. The highest BCUT2D eigenvalue weighted by Gasteiger charge is 2.46. The number of alkyl halides is 3. The molecule has 0 aromatic heterocycles. The van der Waals surface area contributed by atoms with Gasteiger partial charge in [0, 0.05) is 32.6 Å². The molecule has 9 nitrogen and oxygen atoms in total. The van der Waals surface area contributed by atoms with E-state index in [-0.39, 0.29) is 24.1 Å². The number of rotatable bonds is 8. The number of carbonyl (C=O) groups is 4. The Bertz CT molecular complexity index is 1540. The molecule has 0 radical (unpaired) electrons. The van der Waals surface area contributed by atoms with Gasteiger partial charge in [-0.2, -0.15) is 13.2 Å². The zero-order chi connectivity index (χ0) is 36.6. The lowest BCUT2D eigenvalue weighted by molar-refractivity contribution is -0.192. The Morgan fingerprint density at radius 2 is 1.06 bits per heavy atom. The Kier molecular flexibility index (Phi) is 12.2. The van der Waals surface area contributed by atoms with Crippen molar-refractivity contribution in [3.63, 3.8) is 0 Å². The first-order valence-corrected chi connectivity index (χ1v) is 17.5. The van der Waals surface area contributed by atoms with Gasteiger partial charge in [0.2, 0.25) is 17.7 Å². The number of aliphatic carboxylic acids is 1. The summed E-state index contributed by atoms with van der Waals surface area (Å²) in [5.41, 5.74) is 8.26. The van der Waals surface area contributed by atoms with Crippen LogP contribution < -0.4 is 5.73 Å². The third-order valence-electron chi connectivity index (χ3n) is 10.4. The highest BCUT2D eigenvalue weighted by atomic mass is 19.4. The Labute approximate surface area is 296 Å². The molecule has 3 N–H and O–H groups in total. The average Bonchev–Trinajstić information content (AvgIpc) is 3.86. The SMILES string of the molecule is NCC1CCN(C(=O)[C@H]2CCCN2C(=O)[C@@H]2CCCN2C(=O)CC(c2ccccc2)(c2ccccc2)c2ccccc2)CC1.O=C(O)C(F)(F)F. The van der Waals surface area contributed by atoms with Crippen molar-refractivity contribution in [3.05, 3.63) is 108 Å². The number of likely N-dealkylation sites (tertiary alicyclic amines) is 3. The predicted octanol–water partition coefficient (Wildman–Crippen LogP) is 5.22. The first-order chi connectivity index (χ1) is 24.5. The number of amides is 3. The third kappa shape index (κ3) is 8.44. The monoisotopic (exact) mass is 706 g/mol. The number of benzene rings is 3. The second-order valence-corrected chi connectivity index (χ2v) is 13.4. The summed E-state index contributed by atoms with van der Waals surface area (Å²) in [6.07, 6.45) is -0.162. The van der Waals surface area contributed by atoms with Gasteiger partial charge in [-0.3, -0.25) is 14.4 Å². The van der Waals surface area contributed by atoms with E-state index in [1.54, 1.807) is 9.80 Å². The van der Waals surface area contributed by atoms with Crippen molar-refractivity contribution in [1.82, 2.24) is 14.7 Å². The molecule has 0 unspecified atom stereocenters. The topological polar surface area (TPSA) is 124 Å². The number of nitrogens with two attached hydrogens (primary N) is 1. The van der Waals surface area contributed by atoms with E-state index in [4.69, 9.17) is 15.6 Å². The molecule has 3 heterocycles. The molecule has 3 aromatic carbocycles. The molecule has 51 heavy (non-hydrogen) atoms. The number of piperidine rings is 1. The van der Waals surface area contributed by atoms with Crippen molar-refractivity contribution >= 4 is 23.7 Å². The lowest BCUT2D eigenvalue weighted by Crippen LogP contribution is -2.55. The number of nitrogens with zero attached hydrogens (tertiary/aromatic N) is 3. The molecule has 3 fully saturated rings. The minimum atomic E-state index is -5.08. The van der Waals surface area contributed by atoms with Gasteiger partial charge in [0.15, 0.2) is 0 Å². The largest absolute Gasteiger partial charge is 0.490 e. The average molecular weight is 707 g/mol. The maximum absolute atomic E-state index is 14.5. The summed E-state index contributed by atoms with van der Waals surface area (Å²) >= 11 is 0. The van der Waals surface area contributed by atoms with Gasteiger partial charge in [-0.15, -0.1) is 0 Å². The molecule has 3 saturated heterocycles. The van der Waals surface area contributed by atoms with Crippen LogP contribution in [0, 0.1) is 5.92 Å². The van der Waals surface area contributed by atoms with Crippen LogP contribution in [0.1, 0.15) is 61.6 Å². The van der Waals surface area contributed by atoms with Crippen molar-refractivity contribution in [2.75, 3.05) is 32.7 Å². The fourth-order valence-electron chi connectivity index (χ4n) is 7.70. The molecule has 6 rings (SSSR count). The Morgan fingerprint density at radius 3 is 1.47 bits per heavy atom. The molecular formula is C39H45F3N4O5. The highest BCUT2D eigenvalue weighted by Crippen LogP contribution is 2.43. The quantitative estimate of drug-likeness (QED) is 0.310. The zero-order valence-corrected chi connectivity index (χ0v) is 28.5. The van der Waals surface area contributed by atoms with Gasteiger partial charge in [-0.25, -0.2) is 4.79 Å². The van der Waals surface area contributed by atoms with Crippen LogP contribution in [0.5, 0.6) is 0 Å². The van der Waals surface area contributed by atoms with Crippen LogP contribution in [0.3, 0.4) is 0 Å². The van der Waals surface area contributed by atoms with E-state index in [0.717, 1.165) is 42.4 Å². The molecule has 3 aliphatic heterocycles. The van der Waals surface area contributed by atoms with Crippen LogP contribution in [-0.2, 0) is 24.6 Å². The number of carboxylic acids is 1. The van der Waals surface area contributed by atoms with Crippen LogP contribution in [0.25, 0.3) is 0 Å². The molecular weight excluding hydrogens is 661 g/mol. The minimum absolute atomic E-state index is 0.0386. The van der Waals surface area contributed by atoms with Crippen molar-refractivity contribution in [1.29, 1.82) is 0 Å². The van der Waals surface area contributed by atoms with Crippen molar-refractivity contribution in [3.8, 4) is 0 Å². The number of carboxylic acid groups (broad SMARTS) is 1. The van der Waals surface area contributed by atoms with E-state index in [0.29, 0.717) is 51.5 Å². The van der Waals surface area contributed by atoms with Gasteiger partial charge in [0.25, 0.3) is 0 Å². The van der Waals surface area contributed by atoms with Crippen LogP contribution >= 0.6 is 0 Å². The Balaban J connectivity index is 0.000000654. The molecule has 3 aromatic rings. The van der Waals surface area contributed by atoms with Crippen LogP contribution in [0.2, 0.25) is 0 Å². The summed E-state index contributed by atoms with van der Waals surface area (Å²) < 4.78 is 31.7. The van der Waals surface area contributed by atoms with Gasteiger partial charge in [-0.05, 0) is 67.7 Å². The summed E-state index contributed by atoms with van der Waals surface area (Å²) in [5.74, 6) is -2.35. The summed E-state index contributed by atoms with van der Waals surface area (Å²) in [6, 6.07) is 29.7. The summed E-state index contributed by atoms with van der Waals surface area (Å²) in [7, 11) is 0. The van der Waals surface area contributed by atoms with Crippen molar-refractivity contribution in [2.45, 2.75) is 68.6 Å². The van der Waals surface area contributed by atoms with Crippen molar-refractivity contribution in [2.24, 2.45) is 11.7 Å². The summed E-state index contributed by atoms with van der Waals surface area (Å²) in [6.45, 7) is 3.17. The Morgan fingerprint density at radius 1 is 0.647 bits per heavy atom. The first-order valence-electron chi connectivity index (χ1n) is 17.5. The van der Waals surface area contributed by atoms with Gasteiger partial charge in [0.05, 0.1) is 5.41 Å². The van der Waals surface area contributed by atoms with E-state index in [1.165, 1.54) is 0 Å². The molecule has 0 bridgehead atoms. The predicted molar refractivity (Wildman–Crippen MR) is 185 cm³/mol. The minimum Gasteiger partial charge on any atom is -0.475 e. The van der Waals surface area contributed by atoms with E-state index >= 15 is 0 Å². The molecule has 0 saturated carbocycles. The van der Waals surface area contributed by atoms with E-state index < -0.39 is 29.6 Å². The second kappa shape index (κ2) is 16.5. The number of carbonyl (C=O) groups excluding carboxylic acids is 3. The van der Waals surface area contributed by atoms with Gasteiger partial charge in [0.1, 0.15) is 12.1 Å². The molecule has 12 heteroatoms. The van der Waals surface area contributed by atoms with E-state index in [9.17, 15) is 27.6 Å². The van der Waals surface area contributed by atoms with Crippen LogP contribution in [-0.4, -0.2) is 94.5 Å². The third-order valence-corrected chi connectivity index (χ3v) is 10.4. The van der Waals surface area contributed by atoms with Crippen LogP contribution in [0.15, 0.2) is 91.0 Å². The normalized spacial score (nSPS) is 19.7. The number of hydrogen-bond donors (Lipinski definition) is 2. The smallest absolute Gasteiger partial charge is 0.475 e. The van der Waals surface area contributed by atoms with Crippen molar-refractivity contribution < 1.29 is 37.5 Å². The lowest BCUT2D eigenvalue weighted by atomic mass is 9.67. The number of hydrogen-bond acceptors (Lipinski definition) is 5. The Hall–Kier alpha value is -4.71. The van der Waals surface area contributed by atoms with E-state index in [2.05, 4.69) is 36.4 Å². The fourth-order valence-corrected chi connectivity index (χ4v) is 7.70.